The quantitative estimate of drug-likeness (QED) is 0.479. The van der Waals surface area contributed by atoms with Gasteiger partial charge in [0, 0.05) is 32.1 Å². The molecule has 0 aliphatic carbocycles. The summed E-state index contributed by atoms with van der Waals surface area (Å²) in [6.07, 6.45) is 4.89. The first-order valence-corrected chi connectivity index (χ1v) is 11.1. The number of nitrogens with zero attached hydrogens (tertiary/aromatic N) is 5. The number of aryl methyl sites for hydroxylation is 1. The summed E-state index contributed by atoms with van der Waals surface area (Å²) in [6.45, 7) is 2.72. The molecule has 0 bridgehead atoms. The van der Waals surface area contributed by atoms with Gasteiger partial charge in [0.1, 0.15) is 16.9 Å². The zero-order valence-electron chi connectivity index (χ0n) is 17.9. The molecular weight excluding hydrogens is 404 g/mol. The normalized spacial score (nSPS) is 15.2. The molecule has 4 aromatic rings. The highest BCUT2D eigenvalue weighted by atomic mass is 16.6. The fraction of sp³-hybridized carbons (Fsp3) is 0.333. The van der Waals surface area contributed by atoms with Gasteiger partial charge in [-0.3, -0.25) is 9.69 Å². The van der Waals surface area contributed by atoms with Crippen molar-refractivity contribution in [2.45, 2.75) is 38.3 Å². The van der Waals surface area contributed by atoms with E-state index in [2.05, 4.69) is 31.7 Å². The lowest BCUT2D eigenvalue weighted by Crippen LogP contribution is -2.35. The summed E-state index contributed by atoms with van der Waals surface area (Å²) in [6, 6.07) is 18.2. The summed E-state index contributed by atoms with van der Waals surface area (Å²) in [5, 5.41) is 15.5. The second-order valence-electron chi connectivity index (χ2n) is 8.25. The summed E-state index contributed by atoms with van der Waals surface area (Å²) < 4.78 is 6.86. The van der Waals surface area contributed by atoms with Crippen molar-refractivity contribution in [3.8, 4) is 0 Å². The number of likely N-dealkylation sites (tertiary alicyclic amines) is 1. The Hall–Kier alpha value is -3.52. The number of hydrogen-bond acceptors (Lipinski definition) is 6. The third-order valence-corrected chi connectivity index (χ3v) is 6.09. The van der Waals surface area contributed by atoms with Crippen LogP contribution in [-0.4, -0.2) is 44.0 Å². The van der Waals surface area contributed by atoms with Crippen LogP contribution in [0.2, 0.25) is 0 Å². The molecule has 2 aromatic heterocycles. The van der Waals surface area contributed by atoms with Crippen molar-refractivity contribution in [3.63, 3.8) is 0 Å². The molecule has 1 amide bonds. The van der Waals surface area contributed by atoms with E-state index in [9.17, 15) is 4.79 Å². The second kappa shape index (κ2) is 9.32. The molecule has 0 radical (unpaired) electrons. The summed E-state index contributed by atoms with van der Waals surface area (Å²) >= 11 is 0. The number of carbonyl (C=O) groups excluding carboxylic acids is 1. The molecular formula is C24H26N6O2. The lowest BCUT2D eigenvalue weighted by molar-refractivity contribution is -0.116. The first kappa shape index (κ1) is 20.4. The van der Waals surface area contributed by atoms with E-state index in [4.69, 9.17) is 4.63 Å². The van der Waals surface area contributed by atoms with Crippen LogP contribution in [0, 0.1) is 0 Å². The van der Waals surface area contributed by atoms with Gasteiger partial charge >= 0.3 is 0 Å². The van der Waals surface area contributed by atoms with Gasteiger partial charge < -0.3 is 5.32 Å². The number of fused-ring (bicyclic) bond motifs is 1. The van der Waals surface area contributed by atoms with Gasteiger partial charge in [-0.05, 0) is 46.8 Å². The van der Waals surface area contributed by atoms with Gasteiger partial charge in [-0.15, -0.1) is 0 Å². The first-order chi connectivity index (χ1) is 15.8. The molecule has 164 valence electrons. The van der Waals surface area contributed by atoms with Crippen LogP contribution in [0.25, 0.3) is 11.0 Å². The zero-order chi connectivity index (χ0) is 21.8. The van der Waals surface area contributed by atoms with Crippen molar-refractivity contribution in [3.05, 3.63) is 71.9 Å². The molecule has 5 rings (SSSR count). The van der Waals surface area contributed by atoms with Crippen molar-refractivity contribution < 1.29 is 9.42 Å². The molecule has 1 fully saturated rings. The Morgan fingerprint density at radius 2 is 1.88 bits per heavy atom. The molecule has 8 heteroatoms. The highest BCUT2D eigenvalue weighted by Crippen LogP contribution is 2.27. The molecule has 1 aliphatic heterocycles. The van der Waals surface area contributed by atoms with Gasteiger partial charge in [-0.2, -0.15) is 5.10 Å². The minimum atomic E-state index is 0.0161. The average Bonchev–Trinajstić information content (AvgIpc) is 3.49. The van der Waals surface area contributed by atoms with Gasteiger partial charge in [0.25, 0.3) is 0 Å². The summed E-state index contributed by atoms with van der Waals surface area (Å²) in [4.78, 5) is 14.9. The predicted molar refractivity (Wildman–Crippen MR) is 121 cm³/mol. The highest BCUT2D eigenvalue weighted by molar-refractivity contribution is 5.90. The maximum absolute atomic E-state index is 12.5. The van der Waals surface area contributed by atoms with E-state index in [1.165, 1.54) is 5.56 Å². The summed E-state index contributed by atoms with van der Waals surface area (Å²) in [5.74, 6) is 0.794. The van der Waals surface area contributed by atoms with Crippen LogP contribution in [0.1, 0.15) is 36.4 Å². The van der Waals surface area contributed by atoms with E-state index >= 15 is 0 Å². The molecule has 1 saturated heterocycles. The van der Waals surface area contributed by atoms with E-state index in [1.54, 1.807) is 6.20 Å². The number of amides is 1. The van der Waals surface area contributed by atoms with E-state index in [0.29, 0.717) is 6.42 Å². The predicted octanol–water partition coefficient (Wildman–Crippen LogP) is 3.83. The number of rotatable bonds is 7. The second-order valence-corrected chi connectivity index (χ2v) is 8.25. The van der Waals surface area contributed by atoms with Crippen LogP contribution in [0.15, 0.2) is 65.4 Å². The Morgan fingerprint density at radius 3 is 2.72 bits per heavy atom. The number of hydrogen-bond donors (Lipinski definition) is 1. The first-order valence-electron chi connectivity index (χ1n) is 11.1. The highest BCUT2D eigenvalue weighted by Gasteiger charge is 2.24. The molecule has 1 aliphatic rings. The smallest absolute Gasteiger partial charge is 0.225 e. The van der Waals surface area contributed by atoms with Crippen LogP contribution < -0.4 is 5.32 Å². The van der Waals surface area contributed by atoms with Crippen LogP contribution in [-0.2, 0) is 17.8 Å². The topological polar surface area (TPSA) is 89.1 Å². The van der Waals surface area contributed by atoms with Crippen molar-refractivity contribution in [2.75, 3.05) is 18.4 Å². The average molecular weight is 431 g/mol. The summed E-state index contributed by atoms with van der Waals surface area (Å²) in [7, 11) is 0. The van der Waals surface area contributed by atoms with E-state index in [-0.39, 0.29) is 11.9 Å². The fourth-order valence-corrected chi connectivity index (χ4v) is 4.36. The standard InChI is InChI=1S/C24H26N6O2/c31-23(10-9-18-5-2-1-3-6-18)26-22-11-14-25-30(22)20-12-15-29(16-13-20)17-19-7-4-8-21-24(19)28-32-27-21/h1-8,11,14,20H,9-10,12-13,15-17H2,(H,26,31). The van der Waals surface area contributed by atoms with Gasteiger partial charge in [0.05, 0.1) is 12.2 Å². The monoisotopic (exact) mass is 430 g/mol. The van der Waals surface area contributed by atoms with E-state index in [1.807, 2.05) is 53.2 Å². The van der Waals surface area contributed by atoms with Crippen LogP contribution >= 0.6 is 0 Å². The van der Waals surface area contributed by atoms with Crippen molar-refractivity contribution >= 4 is 22.8 Å². The molecule has 0 spiro atoms. The lowest BCUT2D eigenvalue weighted by atomic mass is 10.0. The van der Waals surface area contributed by atoms with Crippen molar-refractivity contribution in [1.29, 1.82) is 0 Å². The number of aromatic nitrogens is 4. The minimum Gasteiger partial charge on any atom is -0.311 e. The molecule has 8 nitrogen and oxygen atoms in total. The van der Waals surface area contributed by atoms with Gasteiger partial charge in [0.15, 0.2) is 0 Å². The zero-order valence-corrected chi connectivity index (χ0v) is 17.9. The molecule has 32 heavy (non-hydrogen) atoms. The molecule has 0 atom stereocenters. The fourth-order valence-electron chi connectivity index (χ4n) is 4.36. The number of nitrogens with one attached hydrogen (secondary N) is 1. The third kappa shape index (κ3) is 4.55. The van der Waals surface area contributed by atoms with E-state index in [0.717, 1.165) is 61.3 Å². The minimum absolute atomic E-state index is 0.0161. The number of carbonyl (C=O) groups is 1. The Kier molecular flexibility index (Phi) is 5.93. The molecule has 1 N–H and O–H groups in total. The van der Waals surface area contributed by atoms with Gasteiger partial charge in [-0.1, -0.05) is 42.5 Å². The molecule has 0 unspecified atom stereocenters. The Balaban J connectivity index is 1.16. The van der Waals surface area contributed by atoms with Crippen LogP contribution in [0.3, 0.4) is 0 Å². The maximum atomic E-state index is 12.5. The van der Waals surface area contributed by atoms with E-state index < -0.39 is 0 Å². The lowest BCUT2D eigenvalue weighted by Gasteiger charge is -2.32. The number of piperidine rings is 1. The van der Waals surface area contributed by atoms with Gasteiger partial charge in [0.2, 0.25) is 5.91 Å². The maximum Gasteiger partial charge on any atom is 0.225 e. The molecule has 3 heterocycles. The van der Waals surface area contributed by atoms with Gasteiger partial charge in [-0.25, -0.2) is 9.31 Å². The Bertz CT molecular complexity index is 1180. The Labute approximate surface area is 186 Å². The van der Waals surface area contributed by atoms with Crippen LogP contribution in [0.4, 0.5) is 5.82 Å². The van der Waals surface area contributed by atoms with Crippen molar-refractivity contribution in [1.82, 2.24) is 25.0 Å². The summed E-state index contributed by atoms with van der Waals surface area (Å²) in [5.41, 5.74) is 3.93. The molecule has 0 saturated carbocycles. The molecule has 2 aromatic carbocycles. The Morgan fingerprint density at radius 1 is 1.03 bits per heavy atom. The van der Waals surface area contributed by atoms with Crippen LogP contribution in [0.5, 0.6) is 0 Å². The largest absolute Gasteiger partial charge is 0.311 e. The van der Waals surface area contributed by atoms with Crippen molar-refractivity contribution in [2.24, 2.45) is 0 Å². The number of benzene rings is 2. The third-order valence-electron chi connectivity index (χ3n) is 6.09. The SMILES string of the molecule is O=C(CCc1ccccc1)Nc1ccnn1C1CCN(Cc2cccc3nonc23)CC1. The number of anilines is 1.